The third-order valence-electron chi connectivity index (χ3n) is 1.03. The van der Waals surface area contributed by atoms with Crippen molar-refractivity contribution in [2.75, 3.05) is 0 Å². The molecule has 0 unspecified atom stereocenters. The fourth-order valence-corrected chi connectivity index (χ4v) is 0.583. The van der Waals surface area contributed by atoms with Crippen LogP contribution in [0.5, 0.6) is 0 Å². The summed E-state index contributed by atoms with van der Waals surface area (Å²) in [5.74, 6) is 0. The minimum Gasteiger partial charge on any atom is -0.392 e. The van der Waals surface area contributed by atoms with Crippen molar-refractivity contribution >= 4 is 40.0 Å². The third-order valence-corrected chi connectivity index (χ3v) is 1.03. The van der Waals surface area contributed by atoms with E-state index in [1.807, 2.05) is 37.3 Å². The smallest absolute Gasteiger partial charge is 0.392 e. The van der Waals surface area contributed by atoms with Gasteiger partial charge < -0.3 is 12.0 Å². The summed E-state index contributed by atoms with van der Waals surface area (Å²) in [5, 5.41) is 8.54. The molecule has 0 aliphatic rings. The van der Waals surface area contributed by atoms with Crippen LogP contribution in [0.15, 0.2) is 30.3 Å². The van der Waals surface area contributed by atoms with Gasteiger partial charge in [0.25, 0.3) is 0 Å². The van der Waals surface area contributed by atoms with Gasteiger partial charge in [0, 0.05) is 0 Å². The first-order valence-corrected chi connectivity index (χ1v) is 3.79. The van der Waals surface area contributed by atoms with Crippen LogP contribution in [-0.4, -0.2) is 28.2 Å². The molecule has 1 N–H and O–H groups in total. The third kappa shape index (κ3) is 12.4. The van der Waals surface area contributed by atoms with Gasteiger partial charge in [0.05, 0.1) is 6.61 Å². The number of hydrogen-bond acceptors (Lipinski definition) is 1. The number of rotatable bonds is 1. The van der Waals surface area contributed by atoms with E-state index in [2.05, 4.69) is 6.92 Å². The van der Waals surface area contributed by atoms with Gasteiger partial charge in [-0.15, -0.1) is 17.0 Å². The predicted octanol–water partition coefficient (Wildman–Crippen LogP) is 2.61. The predicted molar refractivity (Wildman–Crippen MR) is 64.1 cm³/mol. The molecular weight excluding hydrogens is 240 g/mol. The summed E-state index contributed by atoms with van der Waals surface area (Å²) in [4.78, 5) is 0. The maximum absolute atomic E-state index is 8.54. The molecule has 0 heterocycles. The van der Waals surface area contributed by atoms with E-state index in [0.29, 0.717) is 0 Å². The first-order valence-electron chi connectivity index (χ1n) is 3.79. The first kappa shape index (κ1) is 19.1. The van der Waals surface area contributed by atoms with Gasteiger partial charge in [-0.1, -0.05) is 37.3 Å². The van der Waals surface area contributed by atoms with E-state index in [4.69, 9.17) is 5.11 Å². The second-order valence-corrected chi connectivity index (χ2v) is 2.14. The quantitative estimate of drug-likeness (QED) is 0.605. The standard InChI is InChI=1S/C7H8O.C3H7.BrH.Mg/c8-6-7-4-2-1-3-5-7;1-3-2;;/h1-5,8H,6H2;1,3H2,2H3;1H;/q;-1;;+2. The van der Waals surface area contributed by atoms with E-state index in [1.54, 1.807) is 0 Å². The van der Waals surface area contributed by atoms with Crippen molar-refractivity contribution in [1.29, 1.82) is 0 Å². The van der Waals surface area contributed by atoms with Crippen molar-refractivity contribution in [2.45, 2.75) is 20.0 Å². The van der Waals surface area contributed by atoms with Crippen LogP contribution in [-0.2, 0) is 6.61 Å². The number of benzene rings is 1. The van der Waals surface area contributed by atoms with E-state index < -0.39 is 0 Å². The monoisotopic (exact) mass is 255 g/mol. The van der Waals surface area contributed by atoms with Gasteiger partial charge in [0.1, 0.15) is 0 Å². The molecule has 0 amide bonds. The van der Waals surface area contributed by atoms with Crippen molar-refractivity contribution in [3.8, 4) is 0 Å². The summed E-state index contributed by atoms with van der Waals surface area (Å²) < 4.78 is 0. The molecule has 1 aromatic carbocycles. The molecular formula is C10H16BrMgO+. The Kier molecular flexibility index (Phi) is 21.9. The Morgan fingerprint density at radius 2 is 1.62 bits per heavy atom. The van der Waals surface area contributed by atoms with E-state index in [9.17, 15) is 0 Å². The average molecular weight is 256 g/mol. The normalized spacial score (nSPS) is 7.00. The molecule has 1 nitrogen and oxygen atoms in total. The molecule has 1 rings (SSSR count). The molecule has 0 aliphatic carbocycles. The zero-order valence-electron chi connectivity index (χ0n) is 8.07. The van der Waals surface area contributed by atoms with E-state index in [0.717, 1.165) is 12.0 Å². The van der Waals surface area contributed by atoms with Crippen LogP contribution < -0.4 is 0 Å². The number of hydrogen-bond donors (Lipinski definition) is 1. The van der Waals surface area contributed by atoms with Crippen LogP contribution in [0.1, 0.15) is 18.9 Å². The van der Waals surface area contributed by atoms with Gasteiger partial charge in [0.15, 0.2) is 0 Å². The molecule has 0 aliphatic heterocycles. The molecule has 3 heteroatoms. The van der Waals surface area contributed by atoms with Gasteiger partial charge in [-0.2, -0.15) is 6.42 Å². The Morgan fingerprint density at radius 1 is 1.23 bits per heavy atom. The maximum Gasteiger partial charge on any atom is 2.00 e. The summed E-state index contributed by atoms with van der Waals surface area (Å²) in [6.45, 7) is 5.64. The summed E-state index contributed by atoms with van der Waals surface area (Å²) in [5.41, 5.74) is 0.965. The maximum atomic E-state index is 8.54. The van der Waals surface area contributed by atoms with Crippen LogP contribution in [0, 0.1) is 6.92 Å². The van der Waals surface area contributed by atoms with Crippen LogP contribution in [0.25, 0.3) is 0 Å². The Bertz CT molecular complexity index is 168. The molecule has 0 spiro atoms. The molecule has 0 saturated carbocycles. The minimum absolute atomic E-state index is 0. The molecule has 70 valence electrons. The van der Waals surface area contributed by atoms with Crippen molar-refractivity contribution in [3.05, 3.63) is 42.8 Å². The van der Waals surface area contributed by atoms with Crippen LogP contribution in [0.2, 0.25) is 0 Å². The van der Waals surface area contributed by atoms with Gasteiger partial charge in [0.2, 0.25) is 0 Å². The SMILES string of the molecule is Br.OCc1ccccc1.[CH2-]CC.[Mg+2]. The molecule has 0 saturated heterocycles. The Hall–Kier alpha value is 0.426. The van der Waals surface area contributed by atoms with E-state index in [-0.39, 0.29) is 46.6 Å². The summed E-state index contributed by atoms with van der Waals surface area (Å²) in [7, 11) is 0. The number of aliphatic hydroxyl groups is 1. The summed E-state index contributed by atoms with van der Waals surface area (Å²) in [6, 6.07) is 9.52. The second-order valence-electron chi connectivity index (χ2n) is 2.14. The molecule has 0 atom stereocenters. The summed E-state index contributed by atoms with van der Waals surface area (Å²) in [6.07, 6.45) is 1.00. The van der Waals surface area contributed by atoms with E-state index in [1.165, 1.54) is 0 Å². The molecule has 0 aromatic heterocycles. The fourth-order valence-electron chi connectivity index (χ4n) is 0.583. The average Bonchev–Trinajstić information content (AvgIpc) is 2.08. The van der Waals surface area contributed by atoms with Crippen molar-refractivity contribution in [3.63, 3.8) is 0 Å². The van der Waals surface area contributed by atoms with Crippen LogP contribution >= 0.6 is 17.0 Å². The zero-order chi connectivity index (χ0) is 8.53. The molecule has 1 aromatic rings. The topological polar surface area (TPSA) is 20.2 Å². The van der Waals surface area contributed by atoms with Crippen LogP contribution in [0.3, 0.4) is 0 Å². The zero-order valence-corrected chi connectivity index (χ0v) is 11.2. The Balaban J connectivity index is -0.000000180. The Labute approximate surface area is 107 Å². The molecule has 13 heavy (non-hydrogen) atoms. The molecule has 0 fully saturated rings. The number of aliphatic hydroxyl groups excluding tert-OH is 1. The first-order chi connectivity index (χ1) is 5.35. The molecule has 0 bridgehead atoms. The van der Waals surface area contributed by atoms with Gasteiger partial charge >= 0.3 is 23.1 Å². The largest absolute Gasteiger partial charge is 2.00 e. The Morgan fingerprint density at radius 3 is 1.85 bits per heavy atom. The second kappa shape index (κ2) is 14.9. The van der Waals surface area contributed by atoms with Crippen molar-refractivity contribution in [2.24, 2.45) is 0 Å². The van der Waals surface area contributed by atoms with Gasteiger partial charge in [-0.05, 0) is 5.56 Å². The minimum atomic E-state index is 0. The van der Waals surface area contributed by atoms with Gasteiger partial charge in [-0.3, -0.25) is 0 Å². The molecule has 0 radical (unpaired) electrons. The van der Waals surface area contributed by atoms with Crippen molar-refractivity contribution in [1.82, 2.24) is 0 Å². The fraction of sp³-hybridized carbons (Fsp3) is 0.300. The number of halogens is 1. The van der Waals surface area contributed by atoms with Gasteiger partial charge in [-0.25, -0.2) is 0 Å². The van der Waals surface area contributed by atoms with E-state index >= 15 is 0 Å². The van der Waals surface area contributed by atoms with Crippen molar-refractivity contribution < 1.29 is 5.11 Å². The summed E-state index contributed by atoms with van der Waals surface area (Å²) >= 11 is 0. The van der Waals surface area contributed by atoms with Crippen LogP contribution in [0.4, 0.5) is 0 Å².